The van der Waals surface area contributed by atoms with Crippen molar-refractivity contribution in [3.63, 3.8) is 0 Å². The lowest BCUT2D eigenvalue weighted by molar-refractivity contribution is -0.116. The number of nitrogens with zero attached hydrogens (tertiary/aromatic N) is 3. The second-order valence-corrected chi connectivity index (χ2v) is 8.40. The van der Waals surface area contributed by atoms with Crippen LogP contribution in [0.15, 0.2) is 75.5 Å². The van der Waals surface area contributed by atoms with E-state index < -0.39 is 0 Å². The molecule has 0 fully saturated rings. The first-order chi connectivity index (χ1) is 13.3. The maximum atomic E-state index is 13.0. The van der Waals surface area contributed by atoms with Crippen LogP contribution in [0, 0.1) is 0 Å². The molecule has 4 nitrogen and oxygen atoms in total. The number of aromatic nitrogens is 1. The molecule has 0 saturated carbocycles. The fourth-order valence-electron chi connectivity index (χ4n) is 2.95. The molecule has 1 aromatic heterocycles. The number of benzene rings is 2. The van der Waals surface area contributed by atoms with Gasteiger partial charge in [0.2, 0.25) is 0 Å². The van der Waals surface area contributed by atoms with Crippen LogP contribution in [-0.2, 0) is 4.79 Å². The summed E-state index contributed by atoms with van der Waals surface area (Å²) in [6.45, 7) is 2.11. The first-order valence-electron chi connectivity index (χ1n) is 8.90. The van der Waals surface area contributed by atoms with E-state index in [4.69, 9.17) is 4.98 Å². The molecule has 4 rings (SSSR count). The van der Waals surface area contributed by atoms with Crippen molar-refractivity contribution >= 4 is 40.4 Å². The highest BCUT2D eigenvalue weighted by molar-refractivity contribution is 8.03. The highest BCUT2D eigenvalue weighted by Crippen LogP contribution is 2.36. The van der Waals surface area contributed by atoms with Crippen molar-refractivity contribution in [2.75, 3.05) is 5.01 Å². The monoisotopic (exact) mass is 393 g/mol. The molecule has 1 aliphatic rings. The molecule has 1 aliphatic heterocycles. The van der Waals surface area contributed by atoms with Gasteiger partial charge in [-0.15, -0.1) is 11.3 Å². The zero-order valence-electron chi connectivity index (χ0n) is 14.9. The molecule has 6 heteroatoms. The van der Waals surface area contributed by atoms with Crippen molar-refractivity contribution in [2.24, 2.45) is 5.10 Å². The molecule has 3 aromatic rings. The standard InChI is InChI=1S/C21H19N3OS2/c1-2-9-17-19(20(25)24(23-17)16-12-7-4-8-13-16)27-21-22-18(14-26-21)15-10-5-3-6-11-15/h3-8,10-14,19H,2,9H2,1H3/t19-/m0/s1. The Bertz CT molecular complexity index is 954. The highest BCUT2D eigenvalue weighted by Gasteiger charge is 2.37. The van der Waals surface area contributed by atoms with E-state index in [2.05, 4.69) is 12.0 Å². The molecule has 0 aliphatic carbocycles. The van der Waals surface area contributed by atoms with E-state index in [1.165, 1.54) is 16.8 Å². The average molecular weight is 394 g/mol. The molecule has 1 amide bonds. The third-order valence-corrected chi connectivity index (χ3v) is 6.46. The van der Waals surface area contributed by atoms with Crippen LogP contribution in [0.1, 0.15) is 19.8 Å². The minimum atomic E-state index is -0.306. The number of thioether (sulfide) groups is 1. The number of rotatable bonds is 6. The van der Waals surface area contributed by atoms with Crippen molar-refractivity contribution in [1.82, 2.24) is 4.98 Å². The van der Waals surface area contributed by atoms with Crippen molar-refractivity contribution in [1.29, 1.82) is 0 Å². The fourth-order valence-corrected chi connectivity index (χ4v) is 5.01. The van der Waals surface area contributed by atoms with Gasteiger partial charge < -0.3 is 0 Å². The predicted octanol–water partition coefficient (Wildman–Crippen LogP) is 5.47. The van der Waals surface area contributed by atoms with Gasteiger partial charge in [-0.05, 0) is 18.6 Å². The summed E-state index contributed by atoms with van der Waals surface area (Å²) >= 11 is 3.08. The second kappa shape index (κ2) is 8.06. The first kappa shape index (κ1) is 17.9. The van der Waals surface area contributed by atoms with Crippen molar-refractivity contribution in [3.8, 4) is 11.3 Å². The summed E-state index contributed by atoms with van der Waals surface area (Å²) in [7, 11) is 0. The molecule has 0 N–H and O–H groups in total. The summed E-state index contributed by atoms with van der Waals surface area (Å²) in [5.74, 6) is 0.00566. The van der Waals surface area contributed by atoms with Gasteiger partial charge in [-0.25, -0.2) is 4.98 Å². The van der Waals surface area contributed by atoms with Crippen molar-refractivity contribution in [2.45, 2.75) is 29.4 Å². The van der Waals surface area contributed by atoms with E-state index in [1.54, 1.807) is 11.3 Å². The molecular weight excluding hydrogens is 374 g/mol. The van der Waals surface area contributed by atoms with Crippen molar-refractivity contribution < 1.29 is 4.79 Å². The van der Waals surface area contributed by atoms with Crippen LogP contribution in [0.2, 0.25) is 0 Å². The molecule has 2 aromatic carbocycles. The zero-order valence-corrected chi connectivity index (χ0v) is 16.5. The third kappa shape index (κ3) is 3.82. The fraction of sp³-hybridized carbons (Fsp3) is 0.190. The Hall–Kier alpha value is -2.44. The molecule has 2 heterocycles. The SMILES string of the molecule is CCCC1=NN(c2ccccc2)C(=O)[C@H]1Sc1nc(-c2ccccc2)cs1. The topological polar surface area (TPSA) is 45.6 Å². The number of thiazole rings is 1. The molecule has 0 spiro atoms. The zero-order chi connectivity index (χ0) is 18.6. The van der Waals surface area contributed by atoms with E-state index >= 15 is 0 Å². The Morgan fingerprint density at radius 1 is 1.07 bits per heavy atom. The average Bonchev–Trinajstić information content (AvgIpc) is 3.30. The van der Waals surface area contributed by atoms with Gasteiger partial charge in [0.15, 0.2) is 4.34 Å². The van der Waals surface area contributed by atoms with E-state index in [9.17, 15) is 4.79 Å². The van der Waals surface area contributed by atoms with Crippen LogP contribution in [0.3, 0.4) is 0 Å². The smallest absolute Gasteiger partial charge is 0.266 e. The molecule has 0 saturated heterocycles. The Morgan fingerprint density at radius 2 is 1.78 bits per heavy atom. The van der Waals surface area contributed by atoms with Gasteiger partial charge in [0.25, 0.3) is 5.91 Å². The van der Waals surface area contributed by atoms with Crippen LogP contribution in [0.5, 0.6) is 0 Å². The van der Waals surface area contributed by atoms with Gasteiger partial charge in [0.05, 0.1) is 17.1 Å². The highest BCUT2D eigenvalue weighted by atomic mass is 32.2. The summed E-state index contributed by atoms with van der Waals surface area (Å²) in [6.07, 6.45) is 1.77. The summed E-state index contributed by atoms with van der Waals surface area (Å²) in [6, 6.07) is 19.7. The van der Waals surface area contributed by atoms with Crippen LogP contribution in [-0.4, -0.2) is 21.9 Å². The predicted molar refractivity (Wildman–Crippen MR) is 113 cm³/mol. The van der Waals surface area contributed by atoms with Crippen molar-refractivity contribution in [3.05, 3.63) is 66.0 Å². The van der Waals surface area contributed by atoms with Gasteiger partial charge >= 0.3 is 0 Å². The van der Waals surface area contributed by atoms with Crippen LogP contribution < -0.4 is 5.01 Å². The van der Waals surface area contributed by atoms with Gasteiger partial charge in [-0.2, -0.15) is 10.1 Å². The van der Waals surface area contributed by atoms with Gasteiger partial charge in [-0.1, -0.05) is 73.6 Å². The van der Waals surface area contributed by atoms with Gasteiger partial charge in [0, 0.05) is 10.9 Å². The quantitative estimate of drug-likeness (QED) is 0.557. The Labute approximate surface area is 166 Å². The number of amides is 1. The Morgan fingerprint density at radius 3 is 2.48 bits per heavy atom. The minimum Gasteiger partial charge on any atom is -0.271 e. The number of hydrogen-bond acceptors (Lipinski definition) is 5. The molecular formula is C21H19N3OS2. The summed E-state index contributed by atoms with van der Waals surface area (Å²) in [5, 5.41) is 7.90. The molecule has 0 unspecified atom stereocenters. The number of anilines is 1. The van der Waals surface area contributed by atoms with E-state index in [-0.39, 0.29) is 11.2 Å². The summed E-state index contributed by atoms with van der Waals surface area (Å²) in [4.78, 5) is 17.8. The van der Waals surface area contributed by atoms with Crippen LogP contribution >= 0.6 is 23.1 Å². The maximum absolute atomic E-state index is 13.0. The number of hydrogen-bond donors (Lipinski definition) is 0. The molecule has 1 atom stereocenters. The van der Waals surface area contributed by atoms with Crippen LogP contribution in [0.25, 0.3) is 11.3 Å². The first-order valence-corrected chi connectivity index (χ1v) is 10.7. The van der Waals surface area contributed by atoms with E-state index in [1.807, 2.05) is 66.0 Å². The van der Waals surface area contributed by atoms with E-state index in [0.29, 0.717) is 0 Å². The summed E-state index contributed by atoms with van der Waals surface area (Å²) in [5.41, 5.74) is 3.77. The molecule has 0 bridgehead atoms. The molecule has 0 radical (unpaired) electrons. The van der Waals surface area contributed by atoms with Gasteiger partial charge in [0.1, 0.15) is 5.25 Å². The lowest BCUT2D eigenvalue weighted by atomic mass is 10.1. The Balaban J connectivity index is 1.57. The molecule has 136 valence electrons. The Kier molecular flexibility index (Phi) is 5.36. The lowest BCUT2D eigenvalue weighted by Crippen LogP contribution is -2.29. The lowest BCUT2D eigenvalue weighted by Gasteiger charge is -2.13. The number of carbonyl (C=O) groups excluding carboxylic acids is 1. The van der Waals surface area contributed by atoms with E-state index in [0.717, 1.165) is 39.8 Å². The molecule has 27 heavy (non-hydrogen) atoms. The summed E-state index contributed by atoms with van der Waals surface area (Å²) < 4.78 is 0.894. The normalized spacial score (nSPS) is 16.6. The third-order valence-electron chi connectivity index (χ3n) is 4.24. The number of hydrazone groups is 1. The number of para-hydroxylation sites is 1. The van der Waals surface area contributed by atoms with Gasteiger partial charge in [-0.3, -0.25) is 4.79 Å². The largest absolute Gasteiger partial charge is 0.271 e. The second-order valence-electron chi connectivity index (χ2n) is 6.19. The maximum Gasteiger partial charge on any atom is 0.266 e. The number of carbonyl (C=O) groups is 1. The minimum absolute atomic E-state index is 0.00566. The van der Waals surface area contributed by atoms with Crippen LogP contribution in [0.4, 0.5) is 5.69 Å².